The van der Waals surface area contributed by atoms with Crippen molar-refractivity contribution in [2.75, 3.05) is 19.8 Å². The highest BCUT2D eigenvalue weighted by atomic mass is 31.2. The lowest BCUT2D eigenvalue weighted by Crippen LogP contribution is -2.45. The van der Waals surface area contributed by atoms with Crippen LogP contribution in [0.2, 0.25) is 0 Å². The summed E-state index contributed by atoms with van der Waals surface area (Å²) in [6, 6.07) is -0.876. The van der Waals surface area contributed by atoms with Crippen molar-refractivity contribution < 1.29 is 28.4 Å². The lowest BCUT2D eigenvalue weighted by Gasteiger charge is -2.23. The van der Waals surface area contributed by atoms with Gasteiger partial charge >= 0.3 is 7.82 Å². The Morgan fingerprint density at radius 3 is 1.85 bits per heavy atom. The number of phosphoric acid groups is 1. The summed E-state index contributed by atoms with van der Waals surface area (Å²) in [7, 11) is -4.33. The van der Waals surface area contributed by atoms with E-state index in [4.69, 9.17) is 14.8 Å². The fourth-order valence-corrected chi connectivity index (χ4v) is 5.05. The molecule has 0 aliphatic carbocycles. The number of carbonyl (C=O) groups excluding carboxylic acids is 1. The smallest absolute Gasteiger partial charge is 0.387 e. The van der Waals surface area contributed by atoms with Crippen molar-refractivity contribution in [3.63, 3.8) is 0 Å². The van der Waals surface area contributed by atoms with Crippen molar-refractivity contribution in [3.05, 3.63) is 36.5 Å². The number of allylic oxidation sites excluding steroid dienone is 5. The molecular formula is C32H61N2O6P. The van der Waals surface area contributed by atoms with Crippen LogP contribution in [-0.4, -0.2) is 47.8 Å². The van der Waals surface area contributed by atoms with Crippen molar-refractivity contribution in [2.45, 2.75) is 142 Å². The van der Waals surface area contributed by atoms with Gasteiger partial charge in [0.1, 0.15) is 0 Å². The van der Waals surface area contributed by atoms with Crippen molar-refractivity contribution >= 4 is 13.7 Å². The molecule has 9 heteroatoms. The Labute approximate surface area is 250 Å². The normalized spacial score (nSPS) is 15.1. The van der Waals surface area contributed by atoms with Gasteiger partial charge in [-0.15, -0.1) is 0 Å². The maximum atomic E-state index is 12.6. The number of phosphoric ester groups is 1. The first kappa shape index (κ1) is 39.7. The first-order chi connectivity index (χ1) is 19.9. The van der Waals surface area contributed by atoms with E-state index in [0.29, 0.717) is 6.42 Å². The van der Waals surface area contributed by atoms with Gasteiger partial charge in [-0.1, -0.05) is 121 Å². The van der Waals surface area contributed by atoms with Gasteiger partial charge in [0, 0.05) is 13.0 Å². The molecule has 1 amide bonds. The molecule has 0 bridgehead atoms. The third-order valence-corrected chi connectivity index (χ3v) is 7.69. The SMILES string of the molecule is CC/C=C/CC/C=C/CC/C=C/C(O)C(COP(=O)(O)OCCN)NC(=O)CCCCCCCCCCCCCC. The number of aliphatic hydroxyl groups excluding tert-OH is 1. The lowest BCUT2D eigenvalue weighted by molar-refractivity contribution is -0.123. The molecule has 240 valence electrons. The number of nitrogens with one attached hydrogen (secondary N) is 1. The fourth-order valence-electron chi connectivity index (χ4n) is 4.29. The summed E-state index contributed by atoms with van der Waals surface area (Å²) >= 11 is 0. The molecule has 3 unspecified atom stereocenters. The Balaban J connectivity index is 4.47. The van der Waals surface area contributed by atoms with Gasteiger partial charge < -0.3 is 21.1 Å². The molecule has 0 aliphatic heterocycles. The maximum absolute atomic E-state index is 12.6. The van der Waals surface area contributed by atoms with Crippen LogP contribution in [0.25, 0.3) is 0 Å². The van der Waals surface area contributed by atoms with Crippen LogP contribution in [0.3, 0.4) is 0 Å². The van der Waals surface area contributed by atoms with Gasteiger partial charge in [-0.3, -0.25) is 13.8 Å². The molecule has 0 aromatic carbocycles. The van der Waals surface area contributed by atoms with E-state index in [0.717, 1.165) is 51.4 Å². The molecule has 0 rings (SSSR count). The first-order valence-electron chi connectivity index (χ1n) is 16.1. The molecule has 0 radical (unpaired) electrons. The van der Waals surface area contributed by atoms with Crippen LogP contribution < -0.4 is 11.1 Å². The second-order valence-corrected chi connectivity index (χ2v) is 12.1. The molecule has 41 heavy (non-hydrogen) atoms. The summed E-state index contributed by atoms with van der Waals surface area (Å²) < 4.78 is 21.9. The molecule has 0 aromatic heterocycles. The minimum atomic E-state index is -4.33. The van der Waals surface area contributed by atoms with Crippen LogP contribution in [-0.2, 0) is 18.4 Å². The van der Waals surface area contributed by atoms with E-state index in [2.05, 4.69) is 43.5 Å². The van der Waals surface area contributed by atoms with Gasteiger partial charge in [-0.2, -0.15) is 0 Å². The minimum Gasteiger partial charge on any atom is -0.387 e. The van der Waals surface area contributed by atoms with Crippen molar-refractivity contribution in [2.24, 2.45) is 5.73 Å². The zero-order valence-corrected chi connectivity index (χ0v) is 26.9. The molecule has 0 fully saturated rings. The van der Waals surface area contributed by atoms with Gasteiger partial charge in [0.25, 0.3) is 0 Å². The standard InChI is InChI=1S/C32H61N2O6P/c1-3-5-7-9-11-13-15-16-18-20-22-24-26-32(36)34-30(29-40-41(37,38)39-28-27-33)31(35)25-23-21-19-17-14-12-10-8-6-4-2/h6,8,14,17,23,25,30-31,35H,3-5,7,9-13,15-16,18-22,24,26-29,33H2,1-2H3,(H,34,36)(H,37,38)/b8-6+,17-14+,25-23+. The Morgan fingerprint density at radius 2 is 1.32 bits per heavy atom. The third kappa shape index (κ3) is 27.3. The van der Waals surface area contributed by atoms with E-state index in [1.54, 1.807) is 6.08 Å². The van der Waals surface area contributed by atoms with E-state index < -0.39 is 20.0 Å². The minimum absolute atomic E-state index is 0.0718. The largest absolute Gasteiger partial charge is 0.472 e. The Kier molecular flexibility index (Phi) is 27.9. The Hall–Kier alpha value is -1.28. The van der Waals surface area contributed by atoms with Crippen LogP contribution >= 0.6 is 7.82 Å². The second-order valence-electron chi connectivity index (χ2n) is 10.6. The van der Waals surface area contributed by atoms with Crippen LogP contribution in [0.15, 0.2) is 36.5 Å². The first-order valence-corrected chi connectivity index (χ1v) is 17.6. The van der Waals surface area contributed by atoms with E-state index in [1.807, 2.05) is 6.08 Å². The summed E-state index contributed by atoms with van der Waals surface area (Å²) in [6.45, 7) is 3.94. The molecule has 0 saturated heterocycles. The van der Waals surface area contributed by atoms with E-state index >= 15 is 0 Å². The molecule has 3 atom stereocenters. The van der Waals surface area contributed by atoms with Gasteiger partial charge in [-0.05, 0) is 38.5 Å². The monoisotopic (exact) mass is 600 g/mol. The number of rotatable bonds is 29. The zero-order chi connectivity index (χ0) is 30.4. The van der Waals surface area contributed by atoms with Crippen molar-refractivity contribution in [3.8, 4) is 0 Å². The van der Waals surface area contributed by atoms with Gasteiger partial charge in [0.2, 0.25) is 5.91 Å². The Bertz CT molecular complexity index is 744. The highest BCUT2D eigenvalue weighted by Crippen LogP contribution is 2.43. The highest BCUT2D eigenvalue weighted by Gasteiger charge is 2.26. The molecule has 0 spiro atoms. The van der Waals surface area contributed by atoms with Crippen LogP contribution in [0, 0.1) is 0 Å². The van der Waals surface area contributed by atoms with Crippen molar-refractivity contribution in [1.82, 2.24) is 5.32 Å². The number of hydrogen-bond donors (Lipinski definition) is 4. The Morgan fingerprint density at radius 1 is 0.805 bits per heavy atom. The molecule has 5 N–H and O–H groups in total. The number of aliphatic hydroxyl groups is 1. The van der Waals surface area contributed by atoms with Crippen LogP contribution in [0.5, 0.6) is 0 Å². The third-order valence-electron chi connectivity index (χ3n) is 6.71. The molecule has 0 saturated carbocycles. The average molecular weight is 601 g/mol. The maximum Gasteiger partial charge on any atom is 0.472 e. The number of carbonyl (C=O) groups is 1. The molecule has 8 nitrogen and oxygen atoms in total. The summed E-state index contributed by atoms with van der Waals surface area (Å²) in [5.41, 5.74) is 5.32. The van der Waals surface area contributed by atoms with Gasteiger partial charge in [0.15, 0.2) is 0 Å². The number of amides is 1. The van der Waals surface area contributed by atoms with E-state index in [1.165, 1.54) is 57.8 Å². The lowest BCUT2D eigenvalue weighted by atomic mass is 10.0. The van der Waals surface area contributed by atoms with Gasteiger partial charge in [0.05, 0.1) is 25.4 Å². The molecule has 0 aromatic rings. The fraction of sp³-hybridized carbons (Fsp3) is 0.781. The second kappa shape index (κ2) is 28.8. The number of nitrogens with two attached hydrogens (primary N) is 1. The molecular weight excluding hydrogens is 539 g/mol. The van der Waals surface area contributed by atoms with Crippen LogP contribution in [0.4, 0.5) is 0 Å². The average Bonchev–Trinajstić information content (AvgIpc) is 2.95. The number of unbranched alkanes of at least 4 members (excludes halogenated alkanes) is 13. The summed E-state index contributed by atoms with van der Waals surface area (Å²) in [6.07, 6.45) is 30.6. The summed E-state index contributed by atoms with van der Waals surface area (Å²) in [4.78, 5) is 22.4. The van der Waals surface area contributed by atoms with E-state index in [-0.39, 0.29) is 25.7 Å². The molecule has 0 heterocycles. The topological polar surface area (TPSA) is 131 Å². The predicted octanol–water partition coefficient (Wildman–Crippen LogP) is 7.65. The summed E-state index contributed by atoms with van der Waals surface area (Å²) in [5, 5.41) is 13.5. The quantitative estimate of drug-likeness (QED) is 0.0394. The van der Waals surface area contributed by atoms with Crippen LogP contribution in [0.1, 0.15) is 129 Å². The molecule has 0 aliphatic rings. The highest BCUT2D eigenvalue weighted by molar-refractivity contribution is 7.47. The van der Waals surface area contributed by atoms with E-state index in [9.17, 15) is 19.4 Å². The number of hydrogen-bond acceptors (Lipinski definition) is 6. The predicted molar refractivity (Wildman–Crippen MR) is 171 cm³/mol. The zero-order valence-electron chi connectivity index (χ0n) is 26.0. The summed E-state index contributed by atoms with van der Waals surface area (Å²) in [5.74, 6) is -0.214. The van der Waals surface area contributed by atoms with Gasteiger partial charge in [-0.25, -0.2) is 4.57 Å². The van der Waals surface area contributed by atoms with Crippen molar-refractivity contribution in [1.29, 1.82) is 0 Å².